The van der Waals surface area contributed by atoms with Gasteiger partial charge < -0.3 is 25.3 Å². The second-order valence-corrected chi connectivity index (χ2v) is 6.52. The fourth-order valence-electron chi connectivity index (χ4n) is 1.94. The van der Waals surface area contributed by atoms with Gasteiger partial charge in [0.1, 0.15) is 18.3 Å². The van der Waals surface area contributed by atoms with Crippen molar-refractivity contribution in [2.45, 2.75) is 52.7 Å². The number of hydrogen-bond donors (Lipinski definition) is 3. The van der Waals surface area contributed by atoms with Gasteiger partial charge in [0.05, 0.1) is 0 Å². The molecule has 1 aromatic rings. The molecule has 0 fully saturated rings. The molecule has 0 unspecified atom stereocenters. The molecule has 0 bridgehead atoms. The summed E-state index contributed by atoms with van der Waals surface area (Å²) in [5, 5.41) is 16.6. The topological polar surface area (TPSA) is 105 Å². The highest BCUT2D eigenvalue weighted by Crippen LogP contribution is 2.05. The van der Waals surface area contributed by atoms with Gasteiger partial charge in [0, 0.05) is 32.7 Å². The lowest BCUT2D eigenvalue weighted by Gasteiger charge is -2.19. The smallest absolute Gasteiger partial charge is 0.407 e. The Morgan fingerprint density at radius 3 is 2.44 bits per heavy atom. The summed E-state index contributed by atoms with van der Waals surface area (Å²) in [6.45, 7) is 11.0. The van der Waals surface area contributed by atoms with Gasteiger partial charge in [0.25, 0.3) is 0 Å². The average molecular weight is 353 g/mol. The zero-order valence-corrected chi connectivity index (χ0v) is 15.7. The maximum absolute atomic E-state index is 11.6. The molecule has 1 heterocycles. The summed E-state index contributed by atoms with van der Waals surface area (Å²) < 4.78 is 7.13. The van der Waals surface area contributed by atoms with Gasteiger partial charge in [-0.15, -0.1) is 10.2 Å². The zero-order valence-electron chi connectivity index (χ0n) is 15.7. The molecule has 0 spiro atoms. The first kappa shape index (κ1) is 20.7. The van der Waals surface area contributed by atoms with E-state index >= 15 is 0 Å². The largest absolute Gasteiger partial charge is 0.444 e. The quantitative estimate of drug-likeness (QED) is 0.349. The number of aromatic nitrogens is 3. The Morgan fingerprint density at radius 2 is 1.80 bits per heavy atom. The number of aliphatic imine (C=N–C) groups is 1. The van der Waals surface area contributed by atoms with E-state index in [2.05, 4.69) is 31.1 Å². The molecule has 9 heteroatoms. The number of alkyl carbamates (subject to hydrolysis) is 1. The lowest BCUT2D eigenvalue weighted by molar-refractivity contribution is 0.0529. The molecule has 0 aliphatic heterocycles. The highest BCUT2D eigenvalue weighted by Gasteiger charge is 2.15. The first-order valence-electron chi connectivity index (χ1n) is 8.72. The van der Waals surface area contributed by atoms with Crippen LogP contribution in [-0.2, 0) is 11.3 Å². The zero-order chi connectivity index (χ0) is 18.5. The molecule has 0 saturated carbocycles. The van der Waals surface area contributed by atoms with Gasteiger partial charge in [-0.3, -0.25) is 4.99 Å². The molecule has 142 valence electrons. The van der Waals surface area contributed by atoms with Crippen molar-refractivity contribution in [3.8, 4) is 0 Å². The minimum atomic E-state index is -0.485. The predicted octanol–water partition coefficient (Wildman–Crippen LogP) is 1.14. The number of carbonyl (C=O) groups is 1. The van der Waals surface area contributed by atoms with Crippen LogP contribution < -0.4 is 16.0 Å². The van der Waals surface area contributed by atoms with Gasteiger partial charge in [0.2, 0.25) is 0 Å². The van der Waals surface area contributed by atoms with E-state index in [9.17, 15) is 4.79 Å². The van der Waals surface area contributed by atoms with Crippen molar-refractivity contribution in [2.75, 3.05) is 26.2 Å². The summed E-state index contributed by atoms with van der Waals surface area (Å²) in [5.41, 5.74) is -0.485. The second-order valence-electron chi connectivity index (χ2n) is 6.52. The molecule has 3 N–H and O–H groups in total. The van der Waals surface area contributed by atoms with E-state index in [1.807, 2.05) is 32.3 Å². The number of nitrogens with one attached hydrogen (secondary N) is 3. The van der Waals surface area contributed by atoms with E-state index in [1.54, 1.807) is 12.7 Å². The van der Waals surface area contributed by atoms with Gasteiger partial charge in [-0.05, 0) is 40.5 Å². The van der Waals surface area contributed by atoms with Crippen LogP contribution in [0.25, 0.3) is 0 Å². The summed E-state index contributed by atoms with van der Waals surface area (Å²) in [6, 6.07) is 0. The van der Waals surface area contributed by atoms with Crippen LogP contribution in [0.2, 0.25) is 0 Å². The summed E-state index contributed by atoms with van der Waals surface area (Å²) in [6.07, 6.45) is 5.01. The molecular weight excluding hydrogens is 322 g/mol. The molecule has 0 radical (unpaired) electrons. The summed E-state index contributed by atoms with van der Waals surface area (Å²) >= 11 is 0. The minimum Gasteiger partial charge on any atom is -0.444 e. The number of unbranched alkanes of at least 4 members (excludes halogenated alkanes) is 1. The molecule has 1 rings (SSSR count). The van der Waals surface area contributed by atoms with Crippen molar-refractivity contribution < 1.29 is 9.53 Å². The van der Waals surface area contributed by atoms with Crippen LogP contribution in [0.3, 0.4) is 0 Å². The number of carbonyl (C=O) groups excluding carboxylic acids is 1. The number of ether oxygens (including phenoxy) is 1. The predicted molar refractivity (Wildman–Crippen MR) is 97.5 cm³/mol. The standard InChI is InChI=1S/C16H31N7O2/c1-5-17-14(18-8-6-7-11-23-12-21-22-13-23)19-9-10-20-15(24)25-16(2,3)4/h12-13H,5-11H2,1-4H3,(H,20,24)(H2,17,18,19). The first-order valence-corrected chi connectivity index (χ1v) is 8.72. The van der Waals surface area contributed by atoms with Crippen LogP contribution in [0.5, 0.6) is 0 Å². The third-order valence-corrected chi connectivity index (χ3v) is 2.99. The van der Waals surface area contributed by atoms with Crippen LogP contribution >= 0.6 is 0 Å². The fraction of sp³-hybridized carbons (Fsp3) is 0.750. The van der Waals surface area contributed by atoms with Crippen LogP contribution in [0, 0.1) is 0 Å². The molecular formula is C16H31N7O2. The Morgan fingerprint density at radius 1 is 1.12 bits per heavy atom. The van der Waals surface area contributed by atoms with Crippen molar-refractivity contribution in [1.82, 2.24) is 30.7 Å². The molecule has 1 aromatic heterocycles. The van der Waals surface area contributed by atoms with Crippen LogP contribution in [0.15, 0.2) is 17.6 Å². The van der Waals surface area contributed by atoms with Crippen molar-refractivity contribution in [3.63, 3.8) is 0 Å². The molecule has 9 nitrogen and oxygen atoms in total. The molecule has 1 amide bonds. The van der Waals surface area contributed by atoms with Gasteiger partial charge >= 0.3 is 6.09 Å². The molecule has 0 aliphatic rings. The Hall–Kier alpha value is -2.32. The molecule has 25 heavy (non-hydrogen) atoms. The first-order chi connectivity index (χ1) is 11.9. The maximum atomic E-state index is 11.6. The Balaban J connectivity index is 2.18. The monoisotopic (exact) mass is 353 g/mol. The summed E-state index contributed by atoms with van der Waals surface area (Å²) in [4.78, 5) is 16.1. The number of amides is 1. The number of nitrogens with zero attached hydrogens (tertiary/aromatic N) is 4. The Labute approximate surface area is 149 Å². The SMILES string of the molecule is CCNC(=NCCCCn1cnnc1)NCCNC(=O)OC(C)(C)C. The van der Waals surface area contributed by atoms with E-state index < -0.39 is 11.7 Å². The van der Waals surface area contributed by atoms with E-state index in [0.717, 1.165) is 38.4 Å². The molecule has 0 aromatic carbocycles. The highest BCUT2D eigenvalue weighted by atomic mass is 16.6. The van der Waals surface area contributed by atoms with Crippen molar-refractivity contribution in [3.05, 3.63) is 12.7 Å². The number of hydrogen-bond acceptors (Lipinski definition) is 5. The maximum Gasteiger partial charge on any atom is 0.407 e. The lowest BCUT2D eigenvalue weighted by atomic mass is 10.2. The number of aryl methyl sites for hydroxylation is 1. The lowest BCUT2D eigenvalue weighted by Crippen LogP contribution is -2.42. The second kappa shape index (κ2) is 11.3. The summed E-state index contributed by atoms with van der Waals surface area (Å²) in [5.74, 6) is 0.748. The fourth-order valence-corrected chi connectivity index (χ4v) is 1.94. The van der Waals surface area contributed by atoms with Gasteiger partial charge in [0.15, 0.2) is 5.96 Å². The van der Waals surface area contributed by atoms with E-state index in [0.29, 0.717) is 13.1 Å². The Kier molecular flexibility index (Phi) is 9.34. The van der Waals surface area contributed by atoms with Gasteiger partial charge in [-0.2, -0.15) is 0 Å². The van der Waals surface area contributed by atoms with E-state index in [-0.39, 0.29) is 0 Å². The average Bonchev–Trinajstić information content (AvgIpc) is 3.02. The van der Waals surface area contributed by atoms with Crippen LogP contribution in [0.4, 0.5) is 4.79 Å². The van der Waals surface area contributed by atoms with Gasteiger partial charge in [-0.1, -0.05) is 0 Å². The minimum absolute atomic E-state index is 0.412. The third-order valence-electron chi connectivity index (χ3n) is 2.99. The van der Waals surface area contributed by atoms with Crippen molar-refractivity contribution >= 4 is 12.1 Å². The number of guanidine groups is 1. The number of rotatable bonds is 9. The van der Waals surface area contributed by atoms with Gasteiger partial charge in [-0.25, -0.2) is 4.79 Å². The normalized spacial score (nSPS) is 11.9. The molecule has 0 saturated heterocycles. The molecule has 0 aliphatic carbocycles. The summed E-state index contributed by atoms with van der Waals surface area (Å²) in [7, 11) is 0. The highest BCUT2D eigenvalue weighted by molar-refractivity contribution is 5.79. The van der Waals surface area contributed by atoms with Crippen molar-refractivity contribution in [2.24, 2.45) is 4.99 Å². The van der Waals surface area contributed by atoms with Crippen molar-refractivity contribution in [1.29, 1.82) is 0 Å². The van der Waals surface area contributed by atoms with E-state index in [1.165, 1.54) is 0 Å². The third kappa shape index (κ3) is 11.0. The Bertz CT molecular complexity index is 509. The van der Waals surface area contributed by atoms with E-state index in [4.69, 9.17) is 4.74 Å². The molecule has 0 atom stereocenters. The van der Waals surface area contributed by atoms with Crippen LogP contribution in [0.1, 0.15) is 40.5 Å². The van der Waals surface area contributed by atoms with Crippen LogP contribution in [-0.4, -0.2) is 58.6 Å².